The number of alkyl halides is 3. The third-order valence-electron chi connectivity index (χ3n) is 5.59. The van der Waals surface area contributed by atoms with Crippen LogP contribution in [0.1, 0.15) is 24.4 Å². The third kappa shape index (κ3) is 8.62. The van der Waals surface area contributed by atoms with E-state index in [0.29, 0.717) is 45.9 Å². The van der Waals surface area contributed by atoms with Gasteiger partial charge in [0.05, 0.1) is 17.2 Å². The van der Waals surface area contributed by atoms with Gasteiger partial charge in [-0.15, -0.1) is 24.5 Å². The number of carbonyl (C=O) groups is 1. The highest BCUT2D eigenvalue weighted by atomic mass is 32.1. The number of halogens is 3. The summed E-state index contributed by atoms with van der Waals surface area (Å²) in [7, 11) is 0. The summed E-state index contributed by atoms with van der Waals surface area (Å²) in [6.07, 6.45) is -4.78. The number of rotatable bonds is 12. The summed E-state index contributed by atoms with van der Waals surface area (Å²) in [6, 6.07) is 18.2. The van der Waals surface area contributed by atoms with E-state index in [1.54, 1.807) is 37.3 Å². The van der Waals surface area contributed by atoms with Crippen molar-refractivity contribution in [2.24, 2.45) is 5.92 Å². The van der Waals surface area contributed by atoms with Crippen LogP contribution in [0.15, 0.2) is 66.7 Å². The molecule has 7 nitrogen and oxygen atoms in total. The van der Waals surface area contributed by atoms with Crippen LogP contribution in [0.2, 0.25) is 0 Å². The van der Waals surface area contributed by atoms with Crippen LogP contribution in [0.4, 0.5) is 13.2 Å². The average Bonchev–Trinajstić information content (AvgIpc) is 3.34. The first-order valence-corrected chi connectivity index (χ1v) is 13.5. The standard InChI is InChI=1S/C30H28F3NO6S/c1-18(2)15-37-22-8-4-20(5-9-22)28-29(21-6-10-23(11-7-21)40-30(31,32)33)41-26(34-28)16-38-24-12-13-25(19(3)14-24)39-17-27(35)36/h4-14,18H,15-17H2,1-3H3,(H,35,36). The number of carboxylic acid groups (broad SMARTS) is 1. The molecule has 0 unspecified atom stereocenters. The summed E-state index contributed by atoms with van der Waals surface area (Å²) < 4.78 is 58.9. The van der Waals surface area contributed by atoms with E-state index in [0.717, 1.165) is 16.2 Å². The summed E-state index contributed by atoms with van der Waals surface area (Å²) in [5.41, 5.74) is 2.85. The average molecular weight is 588 g/mol. The Morgan fingerprint density at radius 1 is 0.902 bits per heavy atom. The number of thiazole rings is 1. The fourth-order valence-electron chi connectivity index (χ4n) is 3.76. The Labute approximate surface area is 239 Å². The first-order valence-electron chi connectivity index (χ1n) is 12.6. The molecule has 0 aliphatic rings. The second kappa shape index (κ2) is 12.9. The summed E-state index contributed by atoms with van der Waals surface area (Å²) in [5, 5.41) is 9.47. The number of aromatic nitrogens is 1. The van der Waals surface area contributed by atoms with Crippen LogP contribution in [-0.2, 0) is 11.4 Å². The normalized spacial score (nSPS) is 11.4. The number of hydrogen-bond donors (Lipinski definition) is 1. The van der Waals surface area contributed by atoms with Gasteiger partial charge in [0.25, 0.3) is 0 Å². The Hall–Kier alpha value is -4.25. The maximum absolute atomic E-state index is 12.6. The van der Waals surface area contributed by atoms with Gasteiger partial charge in [0.2, 0.25) is 0 Å². The molecule has 4 aromatic rings. The van der Waals surface area contributed by atoms with Gasteiger partial charge in [-0.1, -0.05) is 13.8 Å². The molecule has 1 aromatic heterocycles. The van der Waals surface area contributed by atoms with Crippen LogP contribution < -0.4 is 18.9 Å². The van der Waals surface area contributed by atoms with Crippen molar-refractivity contribution in [1.29, 1.82) is 0 Å². The Morgan fingerprint density at radius 3 is 2.15 bits per heavy atom. The summed E-state index contributed by atoms with van der Waals surface area (Å²) in [6.45, 7) is 6.18. The highest BCUT2D eigenvalue weighted by Crippen LogP contribution is 2.39. The van der Waals surface area contributed by atoms with E-state index in [-0.39, 0.29) is 12.4 Å². The largest absolute Gasteiger partial charge is 0.573 e. The molecule has 0 aliphatic carbocycles. The van der Waals surface area contributed by atoms with Crippen LogP contribution in [-0.4, -0.2) is 35.6 Å². The van der Waals surface area contributed by atoms with Crippen LogP contribution in [0.5, 0.6) is 23.0 Å². The van der Waals surface area contributed by atoms with Crippen molar-refractivity contribution in [3.05, 3.63) is 77.3 Å². The van der Waals surface area contributed by atoms with E-state index >= 15 is 0 Å². The quantitative estimate of drug-likeness (QED) is 0.181. The van der Waals surface area contributed by atoms with Crippen molar-refractivity contribution >= 4 is 17.3 Å². The highest BCUT2D eigenvalue weighted by Gasteiger charge is 2.31. The zero-order valence-corrected chi connectivity index (χ0v) is 23.3. The van der Waals surface area contributed by atoms with Gasteiger partial charge in [-0.25, -0.2) is 9.78 Å². The minimum absolute atomic E-state index is 0.136. The lowest BCUT2D eigenvalue weighted by atomic mass is 10.1. The molecular formula is C30H28F3NO6S. The van der Waals surface area contributed by atoms with Gasteiger partial charge in [-0.05, 0) is 90.7 Å². The van der Waals surface area contributed by atoms with Crippen LogP contribution in [0.3, 0.4) is 0 Å². The number of benzene rings is 3. The highest BCUT2D eigenvalue weighted by molar-refractivity contribution is 7.15. The summed E-state index contributed by atoms with van der Waals surface area (Å²) >= 11 is 1.36. The number of hydrogen-bond acceptors (Lipinski definition) is 7. The molecule has 0 saturated heterocycles. The van der Waals surface area contributed by atoms with E-state index in [9.17, 15) is 18.0 Å². The van der Waals surface area contributed by atoms with Crippen molar-refractivity contribution in [3.63, 3.8) is 0 Å². The van der Waals surface area contributed by atoms with Crippen LogP contribution >= 0.6 is 11.3 Å². The molecule has 0 spiro atoms. The second-order valence-electron chi connectivity index (χ2n) is 9.49. The second-order valence-corrected chi connectivity index (χ2v) is 10.6. The number of ether oxygens (including phenoxy) is 4. The molecule has 216 valence electrons. The lowest BCUT2D eigenvalue weighted by molar-refractivity contribution is -0.274. The van der Waals surface area contributed by atoms with Gasteiger partial charge >= 0.3 is 12.3 Å². The Balaban J connectivity index is 1.58. The van der Waals surface area contributed by atoms with Gasteiger partial charge in [-0.2, -0.15) is 0 Å². The molecule has 3 aromatic carbocycles. The van der Waals surface area contributed by atoms with Crippen molar-refractivity contribution in [3.8, 4) is 44.7 Å². The van der Waals surface area contributed by atoms with Crippen molar-refractivity contribution in [2.45, 2.75) is 33.7 Å². The predicted molar refractivity (Wildman–Crippen MR) is 149 cm³/mol. The minimum Gasteiger partial charge on any atom is -0.493 e. The molecule has 0 fully saturated rings. The monoisotopic (exact) mass is 587 g/mol. The molecule has 0 aliphatic heterocycles. The van der Waals surface area contributed by atoms with Crippen molar-refractivity contribution in [2.75, 3.05) is 13.2 Å². The lowest BCUT2D eigenvalue weighted by Crippen LogP contribution is -2.16. The Bertz CT molecular complexity index is 1470. The van der Waals surface area contributed by atoms with E-state index in [4.69, 9.17) is 24.3 Å². The molecule has 4 rings (SSSR count). The smallest absolute Gasteiger partial charge is 0.493 e. The third-order valence-corrected chi connectivity index (χ3v) is 6.67. The first-order chi connectivity index (χ1) is 19.5. The molecule has 0 bridgehead atoms. The minimum atomic E-state index is -4.78. The molecule has 0 amide bonds. The van der Waals surface area contributed by atoms with Gasteiger partial charge in [-0.3, -0.25) is 0 Å². The fraction of sp³-hybridized carbons (Fsp3) is 0.267. The van der Waals surface area contributed by atoms with Crippen molar-refractivity contribution < 1.29 is 42.0 Å². The maximum atomic E-state index is 12.6. The van der Waals surface area contributed by atoms with Gasteiger partial charge in [0.1, 0.15) is 34.6 Å². The number of nitrogens with zero attached hydrogens (tertiary/aromatic N) is 1. The topological polar surface area (TPSA) is 87.1 Å². The molecule has 0 atom stereocenters. The van der Waals surface area contributed by atoms with E-state index in [1.165, 1.54) is 23.5 Å². The fourth-order valence-corrected chi connectivity index (χ4v) is 4.76. The molecule has 11 heteroatoms. The molecule has 41 heavy (non-hydrogen) atoms. The van der Waals surface area contributed by atoms with E-state index in [2.05, 4.69) is 18.6 Å². The number of aliphatic carboxylic acids is 1. The van der Waals surface area contributed by atoms with Gasteiger partial charge < -0.3 is 24.1 Å². The van der Waals surface area contributed by atoms with Crippen molar-refractivity contribution in [1.82, 2.24) is 4.98 Å². The van der Waals surface area contributed by atoms with Crippen LogP contribution in [0, 0.1) is 12.8 Å². The Kier molecular flexibility index (Phi) is 9.38. The summed E-state index contributed by atoms with van der Waals surface area (Å²) in [4.78, 5) is 16.3. The molecule has 1 heterocycles. The van der Waals surface area contributed by atoms with Crippen LogP contribution in [0.25, 0.3) is 21.7 Å². The van der Waals surface area contributed by atoms with E-state index < -0.39 is 18.9 Å². The van der Waals surface area contributed by atoms with E-state index in [1.807, 2.05) is 24.3 Å². The maximum Gasteiger partial charge on any atom is 0.573 e. The SMILES string of the molecule is Cc1cc(OCc2nc(-c3ccc(OCC(C)C)cc3)c(-c3ccc(OC(F)(F)F)cc3)s2)ccc1OCC(=O)O. The van der Waals surface area contributed by atoms with Gasteiger partial charge in [0.15, 0.2) is 6.61 Å². The summed E-state index contributed by atoms with van der Waals surface area (Å²) in [5.74, 6) is 0.710. The molecule has 0 saturated carbocycles. The molecular weight excluding hydrogens is 559 g/mol. The molecule has 1 N–H and O–H groups in total. The first kappa shape index (κ1) is 29.7. The molecule has 0 radical (unpaired) electrons. The zero-order valence-electron chi connectivity index (χ0n) is 22.5. The zero-order chi connectivity index (χ0) is 29.6. The Morgan fingerprint density at radius 2 is 1.54 bits per heavy atom. The predicted octanol–water partition coefficient (Wildman–Crippen LogP) is 7.76. The lowest BCUT2D eigenvalue weighted by Gasteiger charge is -2.10. The number of carboxylic acids is 1. The van der Waals surface area contributed by atoms with Gasteiger partial charge in [0, 0.05) is 5.56 Å². The number of aryl methyl sites for hydroxylation is 1.